The molecule has 0 N–H and O–H groups in total. The smallest absolute Gasteiger partial charge is 0.255 e. The number of hydrogen-bond acceptors (Lipinski definition) is 2. The molecule has 23 heavy (non-hydrogen) atoms. The molecular formula is C17H15BrF2N2O. The Balaban J connectivity index is 1.66. The van der Waals surface area contributed by atoms with Crippen LogP contribution in [0, 0.1) is 11.6 Å². The molecule has 0 aromatic heterocycles. The van der Waals surface area contributed by atoms with Crippen molar-refractivity contribution in [1.29, 1.82) is 0 Å². The second kappa shape index (κ2) is 6.66. The minimum Gasteiger partial charge on any atom is -0.368 e. The molecule has 0 unspecified atom stereocenters. The van der Waals surface area contributed by atoms with Gasteiger partial charge in [-0.15, -0.1) is 0 Å². The molecule has 1 aliphatic rings. The highest BCUT2D eigenvalue weighted by atomic mass is 79.9. The Morgan fingerprint density at radius 2 is 1.52 bits per heavy atom. The van der Waals surface area contributed by atoms with E-state index in [0.29, 0.717) is 36.2 Å². The van der Waals surface area contributed by atoms with Crippen LogP contribution >= 0.6 is 15.9 Å². The average molecular weight is 381 g/mol. The number of benzene rings is 2. The van der Waals surface area contributed by atoms with Gasteiger partial charge in [-0.05, 0) is 58.4 Å². The molecule has 0 atom stereocenters. The first-order valence-electron chi connectivity index (χ1n) is 7.29. The molecule has 1 saturated heterocycles. The van der Waals surface area contributed by atoms with Crippen LogP contribution < -0.4 is 4.90 Å². The van der Waals surface area contributed by atoms with Gasteiger partial charge in [0.2, 0.25) is 0 Å². The number of hydrogen-bond donors (Lipinski definition) is 0. The molecule has 0 aliphatic carbocycles. The average Bonchev–Trinajstić information content (AvgIpc) is 2.55. The molecule has 1 fully saturated rings. The van der Waals surface area contributed by atoms with Gasteiger partial charge in [-0.1, -0.05) is 0 Å². The fourth-order valence-corrected chi connectivity index (χ4v) is 3.17. The number of anilines is 1. The number of rotatable bonds is 2. The van der Waals surface area contributed by atoms with Gasteiger partial charge in [0.15, 0.2) is 0 Å². The fourth-order valence-electron chi connectivity index (χ4n) is 2.65. The van der Waals surface area contributed by atoms with Gasteiger partial charge in [0.1, 0.15) is 11.6 Å². The maximum atomic E-state index is 13.1. The Bertz CT molecular complexity index is 713. The summed E-state index contributed by atoms with van der Waals surface area (Å²) in [7, 11) is 0. The number of halogens is 3. The topological polar surface area (TPSA) is 23.6 Å². The van der Waals surface area contributed by atoms with Gasteiger partial charge in [0.05, 0.1) is 5.56 Å². The van der Waals surface area contributed by atoms with Crippen molar-refractivity contribution in [2.24, 2.45) is 0 Å². The molecule has 2 aromatic carbocycles. The Morgan fingerprint density at radius 3 is 2.13 bits per heavy atom. The summed E-state index contributed by atoms with van der Waals surface area (Å²) in [5.41, 5.74) is 1.41. The normalized spacial score (nSPS) is 14.9. The summed E-state index contributed by atoms with van der Waals surface area (Å²) >= 11 is 3.24. The first-order valence-corrected chi connectivity index (χ1v) is 8.09. The number of amides is 1. The fraction of sp³-hybridized carbons (Fsp3) is 0.235. The predicted molar refractivity (Wildman–Crippen MR) is 88.6 cm³/mol. The van der Waals surface area contributed by atoms with Crippen molar-refractivity contribution in [2.75, 3.05) is 31.1 Å². The maximum absolute atomic E-state index is 13.1. The molecule has 0 spiro atoms. The molecule has 0 bridgehead atoms. The number of carbonyl (C=O) groups excluding carboxylic acids is 1. The van der Waals surface area contributed by atoms with Gasteiger partial charge in [-0.25, -0.2) is 8.78 Å². The lowest BCUT2D eigenvalue weighted by Gasteiger charge is -2.36. The first-order chi connectivity index (χ1) is 11.0. The maximum Gasteiger partial charge on any atom is 0.255 e. The minimum absolute atomic E-state index is 0.115. The van der Waals surface area contributed by atoms with E-state index in [1.165, 1.54) is 30.3 Å². The summed E-state index contributed by atoms with van der Waals surface area (Å²) in [6.45, 7) is 2.49. The van der Waals surface area contributed by atoms with E-state index < -0.39 is 0 Å². The van der Waals surface area contributed by atoms with Crippen LogP contribution in [0.5, 0.6) is 0 Å². The first kappa shape index (κ1) is 15.9. The monoisotopic (exact) mass is 380 g/mol. The molecule has 1 heterocycles. The lowest BCUT2D eigenvalue weighted by Crippen LogP contribution is -2.48. The summed E-state index contributed by atoms with van der Waals surface area (Å²) in [4.78, 5) is 16.4. The summed E-state index contributed by atoms with van der Waals surface area (Å²) in [5, 5.41) is 0. The quantitative estimate of drug-likeness (QED) is 0.792. The molecular weight excluding hydrogens is 366 g/mol. The Kier molecular flexibility index (Phi) is 4.61. The summed E-state index contributed by atoms with van der Waals surface area (Å²) in [5.74, 6) is -0.756. The standard InChI is InChI=1S/C17H15BrF2N2O/c18-16-11-13(20)3-6-15(16)17(23)22-9-7-21(8-10-22)14-4-1-12(19)2-5-14/h1-6,11H,7-10H2. The van der Waals surface area contributed by atoms with Crippen LogP contribution in [0.2, 0.25) is 0 Å². The second-order valence-electron chi connectivity index (χ2n) is 5.38. The highest BCUT2D eigenvalue weighted by Crippen LogP contribution is 2.22. The van der Waals surface area contributed by atoms with Crippen LogP contribution in [0.1, 0.15) is 10.4 Å². The van der Waals surface area contributed by atoms with Crippen LogP contribution in [0.25, 0.3) is 0 Å². The molecule has 0 saturated carbocycles. The van der Waals surface area contributed by atoms with E-state index in [1.54, 1.807) is 17.0 Å². The van der Waals surface area contributed by atoms with Gasteiger partial charge < -0.3 is 9.80 Å². The van der Waals surface area contributed by atoms with Gasteiger partial charge in [-0.3, -0.25) is 4.79 Å². The van der Waals surface area contributed by atoms with Gasteiger partial charge in [0, 0.05) is 36.3 Å². The molecule has 2 aromatic rings. The molecule has 6 heteroatoms. The predicted octanol–water partition coefficient (Wildman–Crippen LogP) is 3.69. The van der Waals surface area contributed by atoms with Crippen molar-refractivity contribution in [2.45, 2.75) is 0 Å². The van der Waals surface area contributed by atoms with Crippen molar-refractivity contribution < 1.29 is 13.6 Å². The summed E-state index contributed by atoms with van der Waals surface area (Å²) in [6, 6.07) is 10.4. The van der Waals surface area contributed by atoms with Crippen molar-refractivity contribution in [3.63, 3.8) is 0 Å². The van der Waals surface area contributed by atoms with Crippen LogP contribution in [-0.4, -0.2) is 37.0 Å². The molecule has 120 valence electrons. The van der Waals surface area contributed by atoms with Gasteiger partial charge in [0.25, 0.3) is 5.91 Å². The third-order valence-corrected chi connectivity index (χ3v) is 4.58. The van der Waals surface area contributed by atoms with Crippen LogP contribution in [-0.2, 0) is 0 Å². The SMILES string of the molecule is O=C(c1ccc(F)cc1Br)N1CCN(c2ccc(F)cc2)CC1. The van der Waals surface area contributed by atoms with E-state index in [1.807, 2.05) is 0 Å². The molecule has 3 rings (SSSR count). The van der Waals surface area contributed by atoms with E-state index in [0.717, 1.165) is 5.69 Å². The molecule has 0 radical (unpaired) electrons. The Morgan fingerprint density at radius 1 is 0.913 bits per heavy atom. The third-order valence-electron chi connectivity index (χ3n) is 3.92. The Labute approximate surface area is 141 Å². The van der Waals surface area contributed by atoms with E-state index >= 15 is 0 Å². The zero-order chi connectivity index (χ0) is 16.4. The number of carbonyl (C=O) groups is 1. The number of piperazine rings is 1. The van der Waals surface area contributed by atoms with Crippen molar-refractivity contribution >= 4 is 27.5 Å². The van der Waals surface area contributed by atoms with Crippen molar-refractivity contribution in [3.8, 4) is 0 Å². The molecule has 1 aliphatic heterocycles. The van der Waals surface area contributed by atoms with E-state index in [4.69, 9.17) is 0 Å². The molecule has 3 nitrogen and oxygen atoms in total. The van der Waals surface area contributed by atoms with E-state index in [2.05, 4.69) is 20.8 Å². The van der Waals surface area contributed by atoms with Crippen LogP contribution in [0.4, 0.5) is 14.5 Å². The van der Waals surface area contributed by atoms with Crippen LogP contribution in [0.15, 0.2) is 46.9 Å². The molecule has 1 amide bonds. The Hall–Kier alpha value is -1.95. The minimum atomic E-state index is -0.380. The summed E-state index contributed by atoms with van der Waals surface area (Å²) in [6.07, 6.45) is 0. The van der Waals surface area contributed by atoms with Gasteiger partial charge in [-0.2, -0.15) is 0 Å². The second-order valence-corrected chi connectivity index (χ2v) is 6.23. The number of nitrogens with zero attached hydrogens (tertiary/aromatic N) is 2. The highest BCUT2D eigenvalue weighted by Gasteiger charge is 2.23. The summed E-state index contributed by atoms with van der Waals surface area (Å²) < 4.78 is 26.6. The zero-order valence-electron chi connectivity index (χ0n) is 12.3. The van der Waals surface area contributed by atoms with E-state index in [9.17, 15) is 13.6 Å². The highest BCUT2D eigenvalue weighted by molar-refractivity contribution is 9.10. The van der Waals surface area contributed by atoms with Crippen molar-refractivity contribution in [3.05, 3.63) is 64.1 Å². The van der Waals surface area contributed by atoms with Crippen LogP contribution in [0.3, 0.4) is 0 Å². The largest absolute Gasteiger partial charge is 0.368 e. The van der Waals surface area contributed by atoms with Crippen molar-refractivity contribution in [1.82, 2.24) is 4.90 Å². The third kappa shape index (κ3) is 3.52. The van der Waals surface area contributed by atoms with Gasteiger partial charge >= 0.3 is 0 Å². The lowest BCUT2D eigenvalue weighted by molar-refractivity contribution is 0.0746. The zero-order valence-corrected chi connectivity index (χ0v) is 13.9. The van der Waals surface area contributed by atoms with E-state index in [-0.39, 0.29) is 17.5 Å². The lowest BCUT2D eigenvalue weighted by atomic mass is 10.1.